The summed E-state index contributed by atoms with van der Waals surface area (Å²) in [5.74, 6) is -1.29. The highest BCUT2D eigenvalue weighted by Crippen LogP contribution is 2.35. The van der Waals surface area contributed by atoms with E-state index in [0.29, 0.717) is 18.8 Å². The third kappa shape index (κ3) is 2.79. The number of rotatable bonds is 4. The number of hydrogen-bond donors (Lipinski definition) is 2. The first kappa shape index (κ1) is 15.8. The lowest BCUT2D eigenvalue weighted by atomic mass is 9.91. The van der Waals surface area contributed by atoms with Crippen molar-refractivity contribution in [1.82, 2.24) is 30.1 Å². The Morgan fingerprint density at radius 3 is 2.92 bits per heavy atom. The minimum atomic E-state index is -0.867. The number of carboxylic acid groups (broad SMARTS) is 1. The zero-order valence-electron chi connectivity index (χ0n) is 14.0. The van der Waals surface area contributed by atoms with Crippen molar-refractivity contribution >= 4 is 11.9 Å². The molecule has 0 saturated carbocycles. The Kier molecular flexibility index (Phi) is 3.78. The summed E-state index contributed by atoms with van der Waals surface area (Å²) in [6.45, 7) is 0.838. The highest BCUT2D eigenvalue weighted by molar-refractivity contribution is 5.94. The number of carbonyl (C=O) groups is 2. The van der Waals surface area contributed by atoms with Crippen molar-refractivity contribution in [3.63, 3.8) is 0 Å². The predicted octanol–water partition coefficient (Wildman–Crippen LogP) is 0.357. The number of aromatic nitrogens is 5. The van der Waals surface area contributed by atoms with E-state index in [2.05, 4.69) is 20.5 Å². The number of aliphatic carboxylic acids is 1. The molecule has 2 aliphatic rings. The van der Waals surface area contributed by atoms with E-state index in [1.54, 1.807) is 22.8 Å². The molecular weight excluding hydrogens is 324 g/mol. The lowest BCUT2D eigenvalue weighted by Crippen LogP contribution is -2.30. The lowest BCUT2D eigenvalue weighted by molar-refractivity contribution is -0.138. The minimum absolute atomic E-state index is 0.00366. The van der Waals surface area contributed by atoms with Crippen LogP contribution in [0, 0.1) is 5.92 Å². The molecule has 2 aromatic rings. The molecule has 9 nitrogen and oxygen atoms in total. The number of nitrogens with zero attached hydrogens (tertiary/aromatic N) is 5. The van der Waals surface area contributed by atoms with E-state index in [1.807, 2.05) is 0 Å². The van der Waals surface area contributed by atoms with E-state index in [9.17, 15) is 14.7 Å². The molecule has 9 heteroatoms. The zero-order valence-corrected chi connectivity index (χ0v) is 14.0. The second-order valence-electron chi connectivity index (χ2n) is 6.87. The largest absolute Gasteiger partial charge is 0.481 e. The third-order valence-corrected chi connectivity index (χ3v) is 5.17. The quantitative estimate of drug-likeness (QED) is 0.827. The van der Waals surface area contributed by atoms with E-state index in [0.717, 1.165) is 36.2 Å². The molecule has 2 N–H and O–H groups in total. The smallest absolute Gasteiger partial charge is 0.303 e. The summed E-state index contributed by atoms with van der Waals surface area (Å²) in [6.07, 6.45) is 4.63. The number of hydrogen-bond acceptors (Lipinski definition) is 5. The van der Waals surface area contributed by atoms with Gasteiger partial charge in [0.25, 0.3) is 5.91 Å². The van der Waals surface area contributed by atoms with Gasteiger partial charge in [0.15, 0.2) is 5.69 Å². The number of aromatic amines is 1. The summed E-state index contributed by atoms with van der Waals surface area (Å²) < 4.78 is 1.60. The van der Waals surface area contributed by atoms with Crippen LogP contribution in [-0.4, -0.2) is 60.2 Å². The van der Waals surface area contributed by atoms with Crippen molar-refractivity contribution in [1.29, 1.82) is 0 Å². The molecule has 132 valence electrons. The van der Waals surface area contributed by atoms with Crippen molar-refractivity contribution in [3.05, 3.63) is 28.8 Å². The van der Waals surface area contributed by atoms with Crippen LogP contribution in [0.25, 0.3) is 0 Å². The second-order valence-corrected chi connectivity index (χ2v) is 6.87. The maximum absolute atomic E-state index is 12.9. The number of amides is 1. The number of nitrogens with one attached hydrogen (secondary N) is 1. The van der Waals surface area contributed by atoms with E-state index >= 15 is 0 Å². The molecule has 2 atom stereocenters. The van der Waals surface area contributed by atoms with Gasteiger partial charge in [-0.1, -0.05) is 5.21 Å². The van der Waals surface area contributed by atoms with E-state index < -0.39 is 5.97 Å². The van der Waals surface area contributed by atoms with Crippen molar-refractivity contribution in [2.45, 2.75) is 31.6 Å². The number of fused-ring (bicyclic) bond motifs is 1. The third-order valence-electron chi connectivity index (χ3n) is 5.17. The molecule has 0 aromatic carbocycles. The number of H-pyrrole nitrogens is 1. The first-order chi connectivity index (χ1) is 12.0. The normalized spacial score (nSPS) is 22.4. The van der Waals surface area contributed by atoms with Crippen molar-refractivity contribution in [3.8, 4) is 0 Å². The maximum Gasteiger partial charge on any atom is 0.303 e. The highest BCUT2D eigenvalue weighted by Gasteiger charge is 2.40. The number of carbonyl (C=O) groups excluding carboxylic acids is 1. The monoisotopic (exact) mass is 344 g/mol. The molecule has 0 spiro atoms. The summed E-state index contributed by atoms with van der Waals surface area (Å²) in [6, 6.07) is 0. The molecule has 3 heterocycles. The molecule has 0 unspecified atom stereocenters. The molecule has 2 aromatic heterocycles. The fourth-order valence-corrected chi connectivity index (χ4v) is 3.98. The van der Waals surface area contributed by atoms with E-state index in [1.165, 1.54) is 0 Å². The molecule has 1 aliphatic carbocycles. The number of carboxylic acids is 1. The Bertz CT molecular complexity index is 826. The molecule has 1 saturated heterocycles. The van der Waals surface area contributed by atoms with Crippen LogP contribution in [-0.2, 0) is 24.7 Å². The fraction of sp³-hybridized carbons (Fsp3) is 0.562. The standard InChI is InChI=1S/C16H20N6O3/c1-21-8-13(18-20-21)11-7-22(6-9(11)5-14(23)24)16(25)15-10-3-2-4-12(10)17-19-15/h8-9,11H,2-7H2,1H3,(H,17,19)(H,23,24)/t9-,11+/m0/s1. The van der Waals surface area contributed by atoms with Gasteiger partial charge in [-0.25, -0.2) is 0 Å². The summed E-state index contributed by atoms with van der Waals surface area (Å²) in [7, 11) is 1.77. The van der Waals surface area contributed by atoms with Crippen molar-refractivity contribution in [2.75, 3.05) is 13.1 Å². The molecule has 1 fully saturated rings. The van der Waals surface area contributed by atoms with Gasteiger partial charge in [-0.2, -0.15) is 5.10 Å². The van der Waals surface area contributed by atoms with Crippen LogP contribution in [0.2, 0.25) is 0 Å². The van der Waals surface area contributed by atoms with Gasteiger partial charge < -0.3 is 10.0 Å². The SMILES string of the molecule is Cn1cc([C@@H]2CN(C(=O)c3n[nH]c4c3CCC4)C[C@@H]2CC(=O)O)nn1. The van der Waals surface area contributed by atoms with Crippen LogP contribution in [0.3, 0.4) is 0 Å². The Morgan fingerprint density at radius 1 is 1.36 bits per heavy atom. The van der Waals surface area contributed by atoms with E-state index in [4.69, 9.17) is 0 Å². The van der Waals surface area contributed by atoms with Gasteiger partial charge in [0.1, 0.15) is 0 Å². The first-order valence-corrected chi connectivity index (χ1v) is 8.46. The molecule has 1 aliphatic heterocycles. The van der Waals surface area contributed by atoms with Crippen molar-refractivity contribution in [2.24, 2.45) is 13.0 Å². The predicted molar refractivity (Wildman–Crippen MR) is 86.0 cm³/mol. The molecular formula is C16H20N6O3. The van der Waals surface area contributed by atoms with Crippen LogP contribution in [0.15, 0.2) is 6.20 Å². The first-order valence-electron chi connectivity index (χ1n) is 8.46. The molecule has 0 bridgehead atoms. The van der Waals surface area contributed by atoms with Crippen LogP contribution >= 0.6 is 0 Å². The van der Waals surface area contributed by atoms with Gasteiger partial charge in [0.05, 0.1) is 12.1 Å². The minimum Gasteiger partial charge on any atom is -0.481 e. The molecule has 1 amide bonds. The van der Waals surface area contributed by atoms with Crippen LogP contribution in [0.4, 0.5) is 0 Å². The summed E-state index contributed by atoms with van der Waals surface area (Å²) in [4.78, 5) is 25.9. The summed E-state index contributed by atoms with van der Waals surface area (Å²) in [5, 5.41) is 24.5. The van der Waals surface area contributed by atoms with Crippen LogP contribution in [0.5, 0.6) is 0 Å². The van der Waals surface area contributed by atoms with Gasteiger partial charge >= 0.3 is 5.97 Å². The molecule has 25 heavy (non-hydrogen) atoms. The van der Waals surface area contributed by atoms with E-state index in [-0.39, 0.29) is 24.2 Å². The average molecular weight is 344 g/mol. The topological polar surface area (TPSA) is 117 Å². The fourth-order valence-electron chi connectivity index (χ4n) is 3.98. The number of likely N-dealkylation sites (tertiary alicyclic amines) is 1. The lowest BCUT2D eigenvalue weighted by Gasteiger charge is -2.15. The zero-order chi connectivity index (χ0) is 17.6. The Hall–Kier alpha value is -2.71. The number of aryl methyl sites for hydroxylation is 2. The Morgan fingerprint density at radius 2 is 2.20 bits per heavy atom. The van der Waals surface area contributed by atoms with Gasteiger partial charge in [0.2, 0.25) is 0 Å². The summed E-state index contributed by atoms with van der Waals surface area (Å²) in [5.41, 5.74) is 3.29. The highest BCUT2D eigenvalue weighted by atomic mass is 16.4. The maximum atomic E-state index is 12.9. The van der Waals surface area contributed by atoms with Gasteiger partial charge in [-0.15, -0.1) is 5.10 Å². The average Bonchev–Trinajstić information content (AvgIpc) is 3.28. The van der Waals surface area contributed by atoms with Gasteiger partial charge in [-0.3, -0.25) is 19.4 Å². The Labute approximate surface area is 144 Å². The van der Waals surface area contributed by atoms with Crippen molar-refractivity contribution < 1.29 is 14.7 Å². The van der Waals surface area contributed by atoms with Gasteiger partial charge in [0, 0.05) is 43.5 Å². The summed E-state index contributed by atoms with van der Waals surface area (Å²) >= 11 is 0. The van der Waals surface area contributed by atoms with Crippen LogP contribution < -0.4 is 0 Å². The second kappa shape index (κ2) is 5.98. The molecule has 4 rings (SSSR count). The Balaban J connectivity index is 1.58. The van der Waals surface area contributed by atoms with Gasteiger partial charge in [-0.05, 0) is 25.2 Å². The molecule has 0 radical (unpaired) electrons. The van der Waals surface area contributed by atoms with Crippen LogP contribution in [0.1, 0.15) is 46.2 Å².